The SMILES string of the molecule is Cc1cc(-c2nc(-c3ccccc3)nc(-c3ccccc3)n2)ccc1-c1ccc(-c2ccc(C34CC5CC(CC(c6ccc(-c7ccc(C#N)cc7)cc6)(C5)C3)C4)cc2)cc1. The Bertz CT molecular complexity index is 2840. The van der Waals surface area contributed by atoms with Crippen LogP contribution in [-0.2, 0) is 10.8 Å². The zero-order chi connectivity index (χ0) is 41.0. The second-order valence-corrected chi connectivity index (χ2v) is 18.0. The highest BCUT2D eigenvalue weighted by molar-refractivity contribution is 5.76. The Kier molecular flexibility index (Phi) is 9.08. The third-order valence-corrected chi connectivity index (χ3v) is 14.1. The van der Waals surface area contributed by atoms with Crippen LogP contribution >= 0.6 is 0 Å². The molecular weight excluding hydrogens is 741 g/mol. The van der Waals surface area contributed by atoms with Crippen molar-refractivity contribution < 1.29 is 0 Å². The van der Waals surface area contributed by atoms with Gasteiger partial charge < -0.3 is 0 Å². The first-order chi connectivity index (χ1) is 29.9. The van der Waals surface area contributed by atoms with Crippen LogP contribution in [0, 0.1) is 30.1 Å². The lowest BCUT2D eigenvalue weighted by molar-refractivity contribution is -0.0281. The molecule has 4 heteroatoms. The van der Waals surface area contributed by atoms with Gasteiger partial charge in [-0.2, -0.15) is 5.26 Å². The van der Waals surface area contributed by atoms with Crippen molar-refractivity contribution in [2.75, 3.05) is 0 Å². The van der Waals surface area contributed by atoms with Crippen LogP contribution in [0.1, 0.15) is 60.8 Å². The van der Waals surface area contributed by atoms with Gasteiger partial charge in [0.1, 0.15) is 0 Å². The van der Waals surface area contributed by atoms with Gasteiger partial charge in [-0.1, -0.05) is 158 Å². The number of nitriles is 1. The summed E-state index contributed by atoms with van der Waals surface area (Å²) in [5.74, 6) is 3.58. The van der Waals surface area contributed by atoms with E-state index in [1.807, 2.05) is 72.8 Å². The first kappa shape index (κ1) is 37.1. The summed E-state index contributed by atoms with van der Waals surface area (Å²) in [7, 11) is 0. The summed E-state index contributed by atoms with van der Waals surface area (Å²) >= 11 is 0. The van der Waals surface area contributed by atoms with E-state index in [-0.39, 0.29) is 10.8 Å². The van der Waals surface area contributed by atoms with E-state index in [0.29, 0.717) is 23.0 Å². The van der Waals surface area contributed by atoms with E-state index in [2.05, 4.69) is 116 Å². The molecule has 0 radical (unpaired) electrons. The van der Waals surface area contributed by atoms with Gasteiger partial charge in [0.05, 0.1) is 11.6 Å². The van der Waals surface area contributed by atoms with Crippen LogP contribution in [0.15, 0.2) is 176 Å². The van der Waals surface area contributed by atoms with Crippen molar-refractivity contribution >= 4 is 0 Å². The van der Waals surface area contributed by atoms with Crippen molar-refractivity contribution in [1.29, 1.82) is 5.26 Å². The second-order valence-electron chi connectivity index (χ2n) is 18.0. The first-order valence-electron chi connectivity index (χ1n) is 21.7. The molecule has 2 unspecified atom stereocenters. The van der Waals surface area contributed by atoms with Crippen LogP contribution in [-0.4, -0.2) is 15.0 Å². The Labute approximate surface area is 358 Å². The Morgan fingerprint density at radius 1 is 0.443 bits per heavy atom. The minimum absolute atomic E-state index is 0.246. The molecule has 12 rings (SSSR count). The molecule has 4 bridgehead atoms. The molecule has 61 heavy (non-hydrogen) atoms. The molecule has 0 spiro atoms. The van der Waals surface area contributed by atoms with Gasteiger partial charge in [0, 0.05) is 16.7 Å². The zero-order valence-corrected chi connectivity index (χ0v) is 34.4. The Morgan fingerprint density at radius 2 is 0.836 bits per heavy atom. The van der Waals surface area contributed by atoms with E-state index in [1.165, 1.54) is 88.6 Å². The van der Waals surface area contributed by atoms with Crippen LogP contribution in [0.4, 0.5) is 0 Å². The molecule has 1 heterocycles. The summed E-state index contributed by atoms with van der Waals surface area (Å²) in [4.78, 5) is 14.8. The van der Waals surface area contributed by atoms with Crippen molar-refractivity contribution in [2.45, 2.75) is 56.3 Å². The van der Waals surface area contributed by atoms with Crippen molar-refractivity contribution in [3.05, 3.63) is 198 Å². The second kappa shape index (κ2) is 14.9. The smallest absolute Gasteiger partial charge is 0.164 e. The van der Waals surface area contributed by atoms with Gasteiger partial charge in [-0.05, 0) is 136 Å². The van der Waals surface area contributed by atoms with E-state index < -0.39 is 0 Å². The number of benzene rings is 7. The average molecular weight is 787 g/mol. The molecular formula is C57H46N4. The Balaban J connectivity index is 0.827. The Morgan fingerprint density at radius 3 is 1.28 bits per heavy atom. The van der Waals surface area contributed by atoms with Crippen molar-refractivity contribution in [3.8, 4) is 73.6 Å². The fourth-order valence-corrected chi connectivity index (χ4v) is 11.6. The highest BCUT2D eigenvalue weighted by atomic mass is 15.0. The summed E-state index contributed by atoms with van der Waals surface area (Å²) in [5, 5.41) is 9.24. The standard InChI is InChI=1S/C57H46N4/c1-38-30-49(55-60-53(47-8-4-2-5-9-47)59-54(61-55)48-10-6-3-7-11-48)24-29-52(38)46-18-16-43(17-19-46)45-22-27-51(28-23-45)57-34-40-31-41(35-57)33-56(32-40,37-57)50-25-20-44(21-26-50)42-14-12-39(36-58)13-15-42/h2-30,40-41H,31-35,37H2,1H3. The predicted octanol–water partition coefficient (Wildman–Crippen LogP) is 13.8. The van der Waals surface area contributed by atoms with Gasteiger partial charge in [-0.3, -0.25) is 0 Å². The number of aromatic nitrogens is 3. The van der Waals surface area contributed by atoms with Crippen molar-refractivity contribution in [3.63, 3.8) is 0 Å². The molecule has 4 aliphatic carbocycles. The summed E-state index contributed by atoms with van der Waals surface area (Å²) in [6.07, 6.45) is 7.89. The molecule has 4 nitrogen and oxygen atoms in total. The molecule has 4 fully saturated rings. The Hall–Kier alpha value is -6.96. The largest absolute Gasteiger partial charge is 0.208 e. The number of rotatable bonds is 8. The van der Waals surface area contributed by atoms with Crippen LogP contribution < -0.4 is 0 Å². The fourth-order valence-electron chi connectivity index (χ4n) is 11.6. The van der Waals surface area contributed by atoms with E-state index in [1.54, 1.807) is 0 Å². The van der Waals surface area contributed by atoms with Crippen molar-refractivity contribution in [2.24, 2.45) is 11.8 Å². The maximum atomic E-state index is 9.24. The molecule has 0 N–H and O–H groups in total. The van der Waals surface area contributed by atoms with Crippen LogP contribution in [0.5, 0.6) is 0 Å². The van der Waals surface area contributed by atoms with Crippen molar-refractivity contribution in [1.82, 2.24) is 15.0 Å². The lowest BCUT2D eigenvalue weighted by Gasteiger charge is -2.63. The number of hydrogen-bond donors (Lipinski definition) is 0. The van der Waals surface area contributed by atoms with Crippen LogP contribution in [0.25, 0.3) is 67.5 Å². The molecule has 4 saturated carbocycles. The monoisotopic (exact) mass is 786 g/mol. The zero-order valence-electron chi connectivity index (χ0n) is 34.4. The van der Waals surface area contributed by atoms with Gasteiger partial charge >= 0.3 is 0 Å². The summed E-state index contributed by atoms with van der Waals surface area (Å²) < 4.78 is 0. The molecule has 4 aliphatic rings. The van der Waals surface area contributed by atoms with E-state index in [9.17, 15) is 5.26 Å². The fraction of sp³-hybridized carbons (Fsp3) is 0.193. The van der Waals surface area contributed by atoms with Gasteiger partial charge in [0.25, 0.3) is 0 Å². The average Bonchev–Trinajstić information content (AvgIpc) is 3.32. The topological polar surface area (TPSA) is 62.5 Å². The minimum Gasteiger partial charge on any atom is -0.208 e. The van der Waals surface area contributed by atoms with E-state index in [0.717, 1.165) is 28.5 Å². The molecule has 1 aromatic heterocycles. The molecule has 0 amide bonds. The molecule has 0 aliphatic heterocycles. The summed E-state index contributed by atoms with van der Waals surface area (Å²) in [6.45, 7) is 2.17. The molecule has 7 aromatic carbocycles. The quantitative estimate of drug-likeness (QED) is 0.154. The molecule has 8 aromatic rings. The highest BCUT2D eigenvalue weighted by Crippen LogP contribution is 2.66. The molecule has 2 atom stereocenters. The van der Waals surface area contributed by atoms with E-state index >= 15 is 0 Å². The molecule has 294 valence electrons. The number of hydrogen-bond acceptors (Lipinski definition) is 4. The third-order valence-electron chi connectivity index (χ3n) is 14.1. The minimum atomic E-state index is 0.246. The highest BCUT2D eigenvalue weighted by Gasteiger charge is 2.58. The lowest BCUT2D eigenvalue weighted by atomic mass is 9.41. The normalized spacial score (nSPS) is 21.2. The van der Waals surface area contributed by atoms with Gasteiger partial charge in [0.2, 0.25) is 0 Å². The van der Waals surface area contributed by atoms with Gasteiger partial charge in [0.15, 0.2) is 17.5 Å². The maximum absolute atomic E-state index is 9.24. The predicted molar refractivity (Wildman–Crippen MR) is 246 cm³/mol. The number of nitrogens with zero attached hydrogens (tertiary/aromatic N) is 4. The molecule has 0 saturated heterocycles. The summed E-state index contributed by atoms with van der Waals surface area (Å²) in [5.41, 5.74) is 15.6. The van der Waals surface area contributed by atoms with Gasteiger partial charge in [-0.15, -0.1) is 0 Å². The third kappa shape index (κ3) is 6.85. The number of aryl methyl sites for hydroxylation is 1. The van der Waals surface area contributed by atoms with Crippen LogP contribution in [0.3, 0.4) is 0 Å². The maximum Gasteiger partial charge on any atom is 0.164 e. The van der Waals surface area contributed by atoms with Crippen LogP contribution in [0.2, 0.25) is 0 Å². The lowest BCUT2D eigenvalue weighted by Crippen LogP contribution is -2.55. The first-order valence-corrected chi connectivity index (χ1v) is 21.7. The van der Waals surface area contributed by atoms with E-state index in [4.69, 9.17) is 15.0 Å². The summed E-state index contributed by atoms with van der Waals surface area (Å²) in [6, 6.07) is 65.1. The van der Waals surface area contributed by atoms with Gasteiger partial charge in [-0.25, -0.2) is 15.0 Å².